The third-order valence-electron chi connectivity index (χ3n) is 4.17. The Balaban J connectivity index is 2.20. The molecule has 2 rings (SSSR count). The summed E-state index contributed by atoms with van der Waals surface area (Å²) in [7, 11) is 0. The van der Waals surface area contributed by atoms with Gasteiger partial charge < -0.3 is 10.1 Å². The van der Waals surface area contributed by atoms with Crippen LogP contribution >= 0.6 is 0 Å². The van der Waals surface area contributed by atoms with Crippen LogP contribution in [-0.4, -0.2) is 21.0 Å². The van der Waals surface area contributed by atoms with Gasteiger partial charge in [0, 0.05) is 11.9 Å². The highest BCUT2D eigenvalue weighted by Gasteiger charge is 2.35. The van der Waals surface area contributed by atoms with E-state index in [2.05, 4.69) is 9.97 Å². The number of rotatable bonds is 6. The molecule has 4 heteroatoms. The van der Waals surface area contributed by atoms with E-state index < -0.39 is 11.4 Å². The lowest BCUT2D eigenvalue weighted by Gasteiger charge is -2.28. The Morgan fingerprint density at radius 3 is 2.71 bits per heavy atom. The van der Waals surface area contributed by atoms with Crippen LogP contribution in [-0.2, 0) is 11.2 Å². The van der Waals surface area contributed by atoms with Gasteiger partial charge in [-0.3, -0.25) is 4.79 Å². The quantitative estimate of drug-likeness (QED) is 0.853. The summed E-state index contributed by atoms with van der Waals surface area (Å²) in [6.45, 7) is 5.89. The molecule has 0 amide bonds. The summed E-state index contributed by atoms with van der Waals surface area (Å²) in [4.78, 5) is 18.9. The fourth-order valence-electron chi connectivity index (χ4n) is 2.79. The van der Waals surface area contributed by atoms with Crippen molar-refractivity contribution in [3.63, 3.8) is 0 Å². The van der Waals surface area contributed by atoms with Crippen LogP contribution in [0, 0.1) is 12.3 Å². The monoisotopic (exact) mass is 286 g/mol. The van der Waals surface area contributed by atoms with Crippen LogP contribution in [0.4, 0.5) is 0 Å². The van der Waals surface area contributed by atoms with Gasteiger partial charge in [-0.2, -0.15) is 0 Å². The molecule has 2 N–H and O–H groups in total. The van der Waals surface area contributed by atoms with E-state index in [-0.39, 0.29) is 5.92 Å². The molecule has 0 aliphatic heterocycles. The number of aromatic nitrogens is 2. The van der Waals surface area contributed by atoms with Crippen LogP contribution in [0.3, 0.4) is 0 Å². The summed E-state index contributed by atoms with van der Waals surface area (Å²) >= 11 is 0. The van der Waals surface area contributed by atoms with E-state index in [0.29, 0.717) is 12.8 Å². The molecule has 1 unspecified atom stereocenters. The van der Waals surface area contributed by atoms with Crippen molar-refractivity contribution in [1.29, 1.82) is 0 Å². The fraction of sp³-hybridized carbons (Fsp3) is 0.412. The lowest BCUT2D eigenvalue weighted by atomic mass is 9.75. The smallest absolute Gasteiger partial charge is 0.309 e. The van der Waals surface area contributed by atoms with Gasteiger partial charge in [0.1, 0.15) is 0 Å². The number of carboxylic acid groups (broad SMARTS) is 1. The molecule has 0 fully saturated rings. The summed E-state index contributed by atoms with van der Waals surface area (Å²) < 4.78 is 0. The first-order chi connectivity index (χ1) is 9.92. The molecular formula is C17H22N2O2. The van der Waals surface area contributed by atoms with E-state index in [1.54, 1.807) is 12.5 Å². The molecule has 2 aromatic rings. The summed E-state index contributed by atoms with van der Waals surface area (Å²) in [5.41, 5.74) is 2.42. The highest BCUT2D eigenvalue weighted by Crippen LogP contribution is 2.35. The molecule has 2 atom stereocenters. The van der Waals surface area contributed by atoms with E-state index in [0.717, 1.165) is 16.8 Å². The lowest BCUT2D eigenvalue weighted by molar-refractivity contribution is -0.148. The zero-order valence-corrected chi connectivity index (χ0v) is 12.8. The van der Waals surface area contributed by atoms with E-state index >= 15 is 0 Å². The number of H-pyrrole nitrogens is 1. The van der Waals surface area contributed by atoms with Crippen molar-refractivity contribution in [2.75, 3.05) is 0 Å². The van der Waals surface area contributed by atoms with Crippen LogP contribution in [0.15, 0.2) is 36.8 Å². The van der Waals surface area contributed by atoms with Crippen molar-refractivity contribution >= 4 is 5.97 Å². The maximum absolute atomic E-state index is 11.8. The Labute approximate surface area is 125 Å². The number of hydrogen-bond donors (Lipinski definition) is 2. The largest absolute Gasteiger partial charge is 0.481 e. The molecular weight excluding hydrogens is 264 g/mol. The summed E-state index contributed by atoms with van der Waals surface area (Å²) in [5.74, 6) is -0.630. The second-order valence-electron chi connectivity index (χ2n) is 6.08. The SMILES string of the molecule is Cc1ccccc1CC(C)(C[C@H](C)c1cnc[nH]1)C(=O)O. The van der Waals surface area contributed by atoms with Crippen LogP contribution < -0.4 is 0 Å². The van der Waals surface area contributed by atoms with E-state index in [1.807, 2.05) is 45.0 Å². The van der Waals surface area contributed by atoms with Gasteiger partial charge in [0.05, 0.1) is 11.7 Å². The van der Waals surface area contributed by atoms with E-state index in [9.17, 15) is 9.90 Å². The van der Waals surface area contributed by atoms with Gasteiger partial charge in [0.2, 0.25) is 0 Å². The Kier molecular flexibility index (Phi) is 4.46. The van der Waals surface area contributed by atoms with Crippen molar-refractivity contribution in [1.82, 2.24) is 9.97 Å². The topological polar surface area (TPSA) is 66.0 Å². The zero-order valence-electron chi connectivity index (χ0n) is 12.8. The van der Waals surface area contributed by atoms with Gasteiger partial charge in [-0.15, -0.1) is 0 Å². The average molecular weight is 286 g/mol. The first-order valence-electron chi connectivity index (χ1n) is 7.18. The van der Waals surface area contributed by atoms with Crippen LogP contribution in [0.2, 0.25) is 0 Å². The molecule has 0 aliphatic rings. The van der Waals surface area contributed by atoms with Gasteiger partial charge in [0.15, 0.2) is 0 Å². The minimum atomic E-state index is -0.795. The highest BCUT2D eigenvalue weighted by atomic mass is 16.4. The lowest BCUT2D eigenvalue weighted by Crippen LogP contribution is -2.32. The number of aliphatic carboxylic acids is 1. The Hall–Kier alpha value is -2.10. The van der Waals surface area contributed by atoms with Crippen molar-refractivity contribution in [3.8, 4) is 0 Å². The third kappa shape index (κ3) is 3.51. The number of carboxylic acids is 1. The number of nitrogens with zero attached hydrogens (tertiary/aromatic N) is 1. The first kappa shape index (κ1) is 15.3. The number of benzene rings is 1. The number of aromatic amines is 1. The van der Waals surface area contributed by atoms with Crippen molar-refractivity contribution in [2.45, 2.75) is 39.5 Å². The van der Waals surface area contributed by atoms with Gasteiger partial charge in [0.25, 0.3) is 0 Å². The van der Waals surface area contributed by atoms with Crippen molar-refractivity contribution < 1.29 is 9.90 Å². The summed E-state index contributed by atoms with van der Waals surface area (Å²) in [5, 5.41) is 9.71. The molecule has 4 nitrogen and oxygen atoms in total. The molecule has 1 aromatic carbocycles. The van der Waals surface area contributed by atoms with Crippen molar-refractivity contribution in [2.24, 2.45) is 5.41 Å². The van der Waals surface area contributed by atoms with E-state index in [4.69, 9.17) is 0 Å². The number of imidazole rings is 1. The molecule has 0 spiro atoms. The standard InChI is InChI=1S/C17H22N2O2/c1-12-6-4-5-7-14(12)9-17(3,16(20)21)8-13(2)15-10-18-11-19-15/h4-7,10-11,13H,8-9H2,1-3H3,(H,18,19)(H,20,21)/t13-,17?/m0/s1. The predicted molar refractivity (Wildman–Crippen MR) is 82.2 cm³/mol. The summed E-state index contributed by atoms with van der Waals surface area (Å²) in [6, 6.07) is 7.97. The number of nitrogens with one attached hydrogen (secondary N) is 1. The molecule has 0 aliphatic carbocycles. The molecule has 112 valence electrons. The molecule has 0 radical (unpaired) electrons. The van der Waals surface area contributed by atoms with Gasteiger partial charge in [-0.1, -0.05) is 31.2 Å². The number of hydrogen-bond acceptors (Lipinski definition) is 2. The molecule has 1 heterocycles. The van der Waals surface area contributed by atoms with Gasteiger partial charge >= 0.3 is 5.97 Å². The maximum atomic E-state index is 11.8. The van der Waals surface area contributed by atoms with Crippen LogP contribution in [0.5, 0.6) is 0 Å². The second-order valence-corrected chi connectivity index (χ2v) is 6.08. The third-order valence-corrected chi connectivity index (χ3v) is 4.17. The maximum Gasteiger partial charge on any atom is 0.309 e. The molecule has 1 aromatic heterocycles. The second kappa shape index (κ2) is 6.12. The highest BCUT2D eigenvalue weighted by molar-refractivity contribution is 5.74. The summed E-state index contributed by atoms with van der Waals surface area (Å²) in [6.07, 6.45) is 4.50. The molecule has 0 saturated heterocycles. The zero-order chi connectivity index (χ0) is 15.5. The fourth-order valence-corrected chi connectivity index (χ4v) is 2.79. The molecule has 0 saturated carbocycles. The average Bonchev–Trinajstić information content (AvgIpc) is 2.95. The van der Waals surface area contributed by atoms with Gasteiger partial charge in [-0.05, 0) is 43.7 Å². The Morgan fingerprint density at radius 2 is 2.14 bits per heavy atom. The molecule has 21 heavy (non-hydrogen) atoms. The number of aryl methyl sites for hydroxylation is 1. The predicted octanol–water partition coefficient (Wildman–Crippen LogP) is 3.55. The van der Waals surface area contributed by atoms with Crippen LogP contribution in [0.25, 0.3) is 0 Å². The first-order valence-corrected chi connectivity index (χ1v) is 7.18. The minimum absolute atomic E-state index is 0.123. The van der Waals surface area contributed by atoms with Gasteiger partial charge in [-0.25, -0.2) is 4.98 Å². The normalized spacial score (nSPS) is 15.4. The Morgan fingerprint density at radius 1 is 1.43 bits per heavy atom. The number of carbonyl (C=O) groups is 1. The minimum Gasteiger partial charge on any atom is -0.481 e. The Bertz CT molecular complexity index is 607. The van der Waals surface area contributed by atoms with Crippen LogP contribution in [0.1, 0.15) is 43.0 Å². The van der Waals surface area contributed by atoms with E-state index in [1.165, 1.54) is 0 Å². The van der Waals surface area contributed by atoms with Crippen molar-refractivity contribution in [3.05, 3.63) is 53.6 Å². The molecule has 0 bridgehead atoms.